The SMILES string of the molecule is CC(C)NC(=O)NC(=O)CSc1nc2ccccc2c(=O)n1Cc1ccccc1Cl. The van der Waals surface area contributed by atoms with E-state index in [-0.39, 0.29) is 23.9 Å². The highest BCUT2D eigenvalue weighted by molar-refractivity contribution is 7.99. The van der Waals surface area contributed by atoms with Gasteiger partial charge in [0.2, 0.25) is 5.91 Å². The van der Waals surface area contributed by atoms with E-state index in [1.165, 1.54) is 4.57 Å². The van der Waals surface area contributed by atoms with E-state index in [1.54, 1.807) is 44.2 Å². The van der Waals surface area contributed by atoms with Gasteiger partial charge in [-0.2, -0.15) is 0 Å². The molecule has 0 saturated carbocycles. The Hall–Kier alpha value is -2.84. The molecular weight excluding hydrogens is 424 g/mol. The van der Waals surface area contributed by atoms with E-state index >= 15 is 0 Å². The number of benzene rings is 2. The summed E-state index contributed by atoms with van der Waals surface area (Å²) in [7, 11) is 0. The summed E-state index contributed by atoms with van der Waals surface area (Å²) in [4.78, 5) is 41.5. The lowest BCUT2D eigenvalue weighted by atomic mass is 10.2. The monoisotopic (exact) mass is 444 g/mol. The van der Waals surface area contributed by atoms with Crippen molar-refractivity contribution in [2.75, 3.05) is 5.75 Å². The van der Waals surface area contributed by atoms with Gasteiger partial charge >= 0.3 is 6.03 Å². The predicted molar refractivity (Wildman–Crippen MR) is 119 cm³/mol. The van der Waals surface area contributed by atoms with Crippen molar-refractivity contribution in [2.24, 2.45) is 0 Å². The lowest BCUT2D eigenvalue weighted by Gasteiger charge is -2.14. The Morgan fingerprint density at radius 1 is 1.13 bits per heavy atom. The Labute approximate surface area is 182 Å². The Morgan fingerprint density at radius 2 is 1.83 bits per heavy atom. The largest absolute Gasteiger partial charge is 0.336 e. The molecule has 0 bridgehead atoms. The van der Waals surface area contributed by atoms with E-state index in [1.807, 2.05) is 18.2 Å². The smallest absolute Gasteiger partial charge is 0.321 e. The van der Waals surface area contributed by atoms with E-state index in [0.717, 1.165) is 17.3 Å². The molecule has 2 N–H and O–H groups in total. The van der Waals surface area contributed by atoms with Crippen molar-refractivity contribution in [1.82, 2.24) is 20.2 Å². The van der Waals surface area contributed by atoms with Gasteiger partial charge in [-0.15, -0.1) is 0 Å². The van der Waals surface area contributed by atoms with Crippen LogP contribution >= 0.6 is 23.4 Å². The molecule has 9 heteroatoms. The van der Waals surface area contributed by atoms with E-state index < -0.39 is 11.9 Å². The number of carbonyl (C=O) groups excluding carboxylic acids is 2. The van der Waals surface area contributed by atoms with Crippen molar-refractivity contribution in [3.8, 4) is 0 Å². The van der Waals surface area contributed by atoms with Crippen LogP contribution in [0.15, 0.2) is 58.5 Å². The number of imide groups is 1. The number of fused-ring (bicyclic) bond motifs is 1. The van der Waals surface area contributed by atoms with Gasteiger partial charge in [0.05, 0.1) is 23.2 Å². The molecule has 3 rings (SSSR count). The molecular formula is C21H21ClN4O3S. The van der Waals surface area contributed by atoms with Crippen LogP contribution in [0.4, 0.5) is 4.79 Å². The van der Waals surface area contributed by atoms with Crippen LogP contribution in [0.25, 0.3) is 10.9 Å². The van der Waals surface area contributed by atoms with Crippen LogP contribution in [0.5, 0.6) is 0 Å². The molecule has 2 aromatic carbocycles. The maximum Gasteiger partial charge on any atom is 0.321 e. The minimum Gasteiger partial charge on any atom is -0.336 e. The quantitative estimate of drug-likeness (QED) is 0.449. The molecule has 30 heavy (non-hydrogen) atoms. The van der Waals surface area contributed by atoms with Crippen molar-refractivity contribution in [3.63, 3.8) is 0 Å². The van der Waals surface area contributed by atoms with Gasteiger partial charge in [0, 0.05) is 11.1 Å². The van der Waals surface area contributed by atoms with Crippen molar-refractivity contribution in [2.45, 2.75) is 31.6 Å². The molecule has 3 amide bonds. The Morgan fingerprint density at radius 3 is 2.57 bits per heavy atom. The van der Waals surface area contributed by atoms with E-state index in [2.05, 4.69) is 15.6 Å². The summed E-state index contributed by atoms with van der Waals surface area (Å²) in [6.45, 7) is 3.81. The van der Waals surface area contributed by atoms with Gasteiger partial charge in [-0.25, -0.2) is 9.78 Å². The first-order valence-electron chi connectivity index (χ1n) is 9.31. The summed E-state index contributed by atoms with van der Waals surface area (Å²) in [6.07, 6.45) is 0. The van der Waals surface area contributed by atoms with Crippen molar-refractivity contribution < 1.29 is 9.59 Å². The van der Waals surface area contributed by atoms with Crippen LogP contribution in [0, 0.1) is 0 Å². The first kappa shape index (κ1) is 21.9. The number of carbonyl (C=O) groups is 2. The van der Waals surface area contributed by atoms with Crippen LogP contribution in [-0.2, 0) is 11.3 Å². The minimum atomic E-state index is -0.560. The molecule has 0 fully saturated rings. The van der Waals surface area contributed by atoms with E-state index in [4.69, 9.17) is 11.6 Å². The molecule has 156 valence electrons. The van der Waals surface area contributed by atoms with Crippen LogP contribution in [0.3, 0.4) is 0 Å². The summed E-state index contributed by atoms with van der Waals surface area (Å²) < 4.78 is 1.50. The van der Waals surface area contributed by atoms with Gasteiger partial charge in [0.15, 0.2) is 5.16 Å². The Kier molecular flexibility index (Phi) is 7.12. The first-order chi connectivity index (χ1) is 14.3. The molecule has 0 aliphatic carbocycles. The zero-order valence-corrected chi connectivity index (χ0v) is 18.1. The van der Waals surface area contributed by atoms with Crippen LogP contribution in [0.2, 0.25) is 5.02 Å². The minimum absolute atomic E-state index is 0.0706. The highest BCUT2D eigenvalue weighted by Crippen LogP contribution is 2.21. The summed E-state index contributed by atoms with van der Waals surface area (Å²) in [5.74, 6) is -0.552. The molecule has 0 aliphatic heterocycles. The lowest BCUT2D eigenvalue weighted by molar-refractivity contribution is -0.117. The molecule has 0 saturated heterocycles. The second-order valence-corrected chi connectivity index (χ2v) is 8.21. The van der Waals surface area contributed by atoms with Gasteiger partial charge in [-0.3, -0.25) is 19.5 Å². The van der Waals surface area contributed by atoms with Crippen molar-refractivity contribution in [3.05, 3.63) is 69.5 Å². The molecule has 3 aromatic rings. The first-order valence-corrected chi connectivity index (χ1v) is 10.7. The van der Waals surface area contributed by atoms with Crippen molar-refractivity contribution in [1.29, 1.82) is 0 Å². The maximum atomic E-state index is 13.1. The molecule has 0 radical (unpaired) electrons. The second kappa shape index (κ2) is 9.77. The molecule has 1 heterocycles. The maximum absolute atomic E-state index is 13.1. The zero-order valence-electron chi connectivity index (χ0n) is 16.5. The summed E-state index contributed by atoms with van der Waals surface area (Å²) in [5.41, 5.74) is 1.08. The number of rotatable bonds is 6. The number of para-hydroxylation sites is 1. The van der Waals surface area contributed by atoms with Crippen molar-refractivity contribution >= 4 is 46.2 Å². The number of thioether (sulfide) groups is 1. The Bertz CT molecular complexity index is 1150. The van der Waals surface area contributed by atoms with Crippen LogP contribution in [-0.4, -0.2) is 33.3 Å². The molecule has 0 atom stereocenters. The number of aromatic nitrogens is 2. The number of nitrogens with one attached hydrogen (secondary N) is 2. The standard InChI is InChI=1S/C21H21ClN4O3S/c1-13(2)23-20(29)25-18(27)12-30-21-24-17-10-6-4-8-15(17)19(28)26(21)11-14-7-3-5-9-16(14)22/h3-10,13H,11-12H2,1-2H3,(H2,23,25,27,29). The summed E-state index contributed by atoms with van der Waals surface area (Å²) in [6, 6.07) is 13.6. The van der Waals surface area contributed by atoms with E-state index in [0.29, 0.717) is 21.1 Å². The lowest BCUT2D eigenvalue weighted by Crippen LogP contribution is -2.43. The molecule has 0 unspecified atom stereocenters. The zero-order chi connectivity index (χ0) is 21.7. The fourth-order valence-electron chi connectivity index (χ4n) is 2.79. The molecule has 0 aliphatic rings. The third-order valence-corrected chi connectivity index (χ3v) is 5.46. The highest BCUT2D eigenvalue weighted by atomic mass is 35.5. The van der Waals surface area contributed by atoms with Gasteiger partial charge in [0.1, 0.15) is 0 Å². The van der Waals surface area contributed by atoms with Gasteiger partial charge in [-0.1, -0.05) is 53.7 Å². The van der Waals surface area contributed by atoms with Gasteiger partial charge in [0.25, 0.3) is 5.56 Å². The molecule has 1 aromatic heterocycles. The van der Waals surface area contributed by atoms with E-state index in [9.17, 15) is 14.4 Å². The summed E-state index contributed by atoms with van der Waals surface area (Å²) >= 11 is 7.36. The topological polar surface area (TPSA) is 93.1 Å². The number of hydrogen-bond donors (Lipinski definition) is 2. The average Bonchev–Trinajstić information content (AvgIpc) is 2.69. The van der Waals surface area contributed by atoms with Crippen LogP contribution in [0.1, 0.15) is 19.4 Å². The normalized spacial score (nSPS) is 10.9. The van der Waals surface area contributed by atoms with Crippen LogP contribution < -0.4 is 16.2 Å². The third kappa shape index (κ3) is 5.40. The average molecular weight is 445 g/mol. The fraction of sp³-hybridized carbons (Fsp3) is 0.238. The third-order valence-electron chi connectivity index (χ3n) is 4.12. The number of amides is 3. The number of nitrogens with zero attached hydrogens (tertiary/aromatic N) is 2. The number of urea groups is 1. The van der Waals surface area contributed by atoms with Gasteiger partial charge in [-0.05, 0) is 37.6 Å². The highest BCUT2D eigenvalue weighted by Gasteiger charge is 2.16. The second-order valence-electron chi connectivity index (χ2n) is 6.86. The Balaban J connectivity index is 1.89. The summed E-state index contributed by atoms with van der Waals surface area (Å²) in [5, 5.41) is 6.25. The molecule has 0 spiro atoms. The van der Waals surface area contributed by atoms with Gasteiger partial charge < -0.3 is 5.32 Å². The number of halogens is 1. The number of hydrogen-bond acceptors (Lipinski definition) is 5. The predicted octanol–water partition coefficient (Wildman–Crippen LogP) is 3.42. The fourth-order valence-corrected chi connectivity index (χ4v) is 3.78. The molecule has 7 nitrogen and oxygen atoms in total.